The number of ether oxygens (including phenoxy) is 1. The van der Waals surface area contributed by atoms with Crippen LogP contribution in [0.5, 0.6) is 5.75 Å². The molecule has 4 nitrogen and oxygen atoms in total. The van der Waals surface area contributed by atoms with E-state index in [-0.39, 0.29) is 12.5 Å². The van der Waals surface area contributed by atoms with Crippen LogP contribution < -0.4 is 4.74 Å². The summed E-state index contributed by atoms with van der Waals surface area (Å²) in [6.45, 7) is 4.28. The quantitative estimate of drug-likeness (QED) is 0.667. The van der Waals surface area contributed by atoms with Gasteiger partial charge in [0.25, 0.3) is 5.91 Å². The summed E-state index contributed by atoms with van der Waals surface area (Å²) >= 11 is 6.85. The molecule has 1 aliphatic rings. The highest BCUT2D eigenvalue weighted by Gasteiger charge is 2.21. The molecular formula is C19H20Br2N2O2. The fourth-order valence-electron chi connectivity index (χ4n) is 2.82. The highest BCUT2D eigenvalue weighted by atomic mass is 79.9. The third-order valence-electron chi connectivity index (χ3n) is 4.22. The minimum absolute atomic E-state index is 0.0363. The van der Waals surface area contributed by atoms with Crippen LogP contribution in [-0.4, -0.2) is 48.5 Å². The topological polar surface area (TPSA) is 32.8 Å². The van der Waals surface area contributed by atoms with Gasteiger partial charge in [0.05, 0.1) is 4.47 Å². The van der Waals surface area contributed by atoms with Gasteiger partial charge >= 0.3 is 0 Å². The number of piperazine rings is 1. The first-order valence-corrected chi connectivity index (χ1v) is 9.82. The number of hydrogen-bond donors (Lipinski definition) is 0. The number of nitrogens with zero attached hydrogens (tertiary/aromatic N) is 2. The highest BCUT2D eigenvalue weighted by molar-refractivity contribution is 9.11. The standard InChI is InChI=1S/C19H20Br2N2O2/c20-16-6-7-18(17(21)12-16)25-14-19(24)23-10-8-22(9-11-23)13-15-4-2-1-3-5-15/h1-7,12H,8-11,13-14H2. The molecule has 1 heterocycles. The van der Waals surface area contributed by atoms with Crippen molar-refractivity contribution in [3.8, 4) is 5.75 Å². The normalized spacial score (nSPS) is 15.2. The molecule has 0 unspecified atom stereocenters. The van der Waals surface area contributed by atoms with Crippen LogP contribution in [-0.2, 0) is 11.3 Å². The van der Waals surface area contributed by atoms with E-state index >= 15 is 0 Å². The summed E-state index contributed by atoms with van der Waals surface area (Å²) in [7, 11) is 0. The largest absolute Gasteiger partial charge is 0.483 e. The van der Waals surface area contributed by atoms with E-state index in [0.29, 0.717) is 5.75 Å². The third-order valence-corrected chi connectivity index (χ3v) is 5.33. The molecule has 1 fully saturated rings. The van der Waals surface area contributed by atoms with Crippen LogP contribution in [0.4, 0.5) is 0 Å². The Bertz CT molecular complexity index is 717. The zero-order valence-corrected chi connectivity index (χ0v) is 17.0. The Kier molecular flexibility index (Phi) is 6.51. The molecule has 0 N–H and O–H groups in total. The van der Waals surface area contributed by atoms with Crippen LogP contribution >= 0.6 is 31.9 Å². The minimum atomic E-state index is 0.0363. The van der Waals surface area contributed by atoms with Gasteiger partial charge in [-0.3, -0.25) is 9.69 Å². The van der Waals surface area contributed by atoms with Crippen molar-refractivity contribution in [1.29, 1.82) is 0 Å². The average molecular weight is 468 g/mol. The smallest absolute Gasteiger partial charge is 0.260 e. The van der Waals surface area contributed by atoms with Crippen LogP contribution in [0.25, 0.3) is 0 Å². The number of carbonyl (C=O) groups excluding carboxylic acids is 1. The molecule has 2 aromatic carbocycles. The molecule has 25 heavy (non-hydrogen) atoms. The molecule has 1 aliphatic heterocycles. The summed E-state index contributed by atoms with van der Waals surface area (Å²) in [5.41, 5.74) is 1.31. The number of hydrogen-bond acceptors (Lipinski definition) is 3. The SMILES string of the molecule is O=C(COc1ccc(Br)cc1Br)N1CCN(Cc2ccccc2)CC1. The maximum absolute atomic E-state index is 12.4. The van der Waals surface area contributed by atoms with Crippen molar-refractivity contribution >= 4 is 37.8 Å². The summed E-state index contributed by atoms with van der Waals surface area (Å²) in [4.78, 5) is 16.6. The van der Waals surface area contributed by atoms with Gasteiger partial charge in [-0.15, -0.1) is 0 Å². The fraction of sp³-hybridized carbons (Fsp3) is 0.316. The van der Waals surface area contributed by atoms with Gasteiger partial charge in [-0.2, -0.15) is 0 Å². The van der Waals surface area contributed by atoms with Gasteiger partial charge in [0.2, 0.25) is 0 Å². The molecule has 3 rings (SSSR count). The molecule has 1 saturated heterocycles. The van der Waals surface area contributed by atoms with E-state index < -0.39 is 0 Å². The Hall–Kier alpha value is -1.37. The molecule has 0 radical (unpaired) electrons. The van der Waals surface area contributed by atoms with E-state index in [4.69, 9.17) is 4.74 Å². The summed E-state index contributed by atoms with van der Waals surface area (Å²) < 4.78 is 7.46. The summed E-state index contributed by atoms with van der Waals surface area (Å²) in [6, 6.07) is 16.1. The Labute approximate surface area is 165 Å². The fourth-order valence-corrected chi connectivity index (χ4v) is 3.98. The number of carbonyl (C=O) groups is 1. The molecule has 1 amide bonds. The molecule has 6 heteroatoms. The van der Waals surface area contributed by atoms with Crippen LogP contribution in [0.15, 0.2) is 57.5 Å². The lowest BCUT2D eigenvalue weighted by Crippen LogP contribution is -2.49. The highest BCUT2D eigenvalue weighted by Crippen LogP contribution is 2.28. The molecule has 2 aromatic rings. The van der Waals surface area contributed by atoms with Crippen molar-refractivity contribution in [2.24, 2.45) is 0 Å². The van der Waals surface area contributed by atoms with E-state index in [9.17, 15) is 4.79 Å². The van der Waals surface area contributed by atoms with E-state index in [0.717, 1.165) is 41.7 Å². The number of amides is 1. The zero-order chi connectivity index (χ0) is 17.6. The van der Waals surface area contributed by atoms with Gasteiger partial charge in [0, 0.05) is 37.2 Å². The molecule has 0 saturated carbocycles. The number of halogens is 2. The second kappa shape index (κ2) is 8.83. The van der Waals surface area contributed by atoms with Crippen molar-refractivity contribution in [2.75, 3.05) is 32.8 Å². The monoisotopic (exact) mass is 466 g/mol. The van der Waals surface area contributed by atoms with Crippen LogP contribution in [0, 0.1) is 0 Å². The van der Waals surface area contributed by atoms with Crippen molar-refractivity contribution in [3.63, 3.8) is 0 Å². The molecule has 132 valence electrons. The summed E-state index contributed by atoms with van der Waals surface area (Å²) in [6.07, 6.45) is 0. The van der Waals surface area contributed by atoms with Crippen molar-refractivity contribution in [1.82, 2.24) is 9.80 Å². The lowest BCUT2D eigenvalue weighted by Gasteiger charge is -2.34. The summed E-state index contributed by atoms with van der Waals surface area (Å²) in [5, 5.41) is 0. The van der Waals surface area contributed by atoms with Crippen LogP contribution in [0.2, 0.25) is 0 Å². The van der Waals surface area contributed by atoms with Gasteiger partial charge in [-0.05, 0) is 39.7 Å². The predicted molar refractivity (Wildman–Crippen MR) is 106 cm³/mol. The van der Waals surface area contributed by atoms with Gasteiger partial charge in [0.15, 0.2) is 6.61 Å². The number of benzene rings is 2. The third kappa shape index (κ3) is 5.30. The van der Waals surface area contributed by atoms with Crippen molar-refractivity contribution in [3.05, 3.63) is 63.0 Å². The van der Waals surface area contributed by atoms with Crippen LogP contribution in [0.1, 0.15) is 5.56 Å². The molecule has 0 bridgehead atoms. The lowest BCUT2D eigenvalue weighted by atomic mass is 10.2. The zero-order valence-electron chi connectivity index (χ0n) is 13.8. The van der Waals surface area contributed by atoms with E-state index in [1.54, 1.807) is 0 Å². The maximum Gasteiger partial charge on any atom is 0.260 e. The maximum atomic E-state index is 12.4. The molecule has 0 atom stereocenters. The first-order chi connectivity index (χ1) is 12.1. The van der Waals surface area contributed by atoms with E-state index in [2.05, 4.69) is 61.0 Å². The minimum Gasteiger partial charge on any atom is -0.483 e. The van der Waals surface area contributed by atoms with Gasteiger partial charge in [-0.25, -0.2) is 0 Å². The van der Waals surface area contributed by atoms with Gasteiger partial charge in [0.1, 0.15) is 5.75 Å². The molecule has 0 aliphatic carbocycles. The molecule has 0 aromatic heterocycles. The second-order valence-electron chi connectivity index (χ2n) is 6.01. The first-order valence-electron chi connectivity index (χ1n) is 8.24. The van der Waals surface area contributed by atoms with E-state index in [1.165, 1.54) is 5.56 Å². The Morgan fingerprint density at radius 2 is 1.72 bits per heavy atom. The molecule has 0 spiro atoms. The summed E-state index contributed by atoms with van der Waals surface area (Å²) in [5.74, 6) is 0.716. The number of rotatable bonds is 5. The van der Waals surface area contributed by atoms with Crippen molar-refractivity contribution in [2.45, 2.75) is 6.54 Å². The Morgan fingerprint density at radius 3 is 2.40 bits per heavy atom. The molecular weight excluding hydrogens is 448 g/mol. The Balaban J connectivity index is 1.45. The first kappa shape index (κ1) is 18.4. The van der Waals surface area contributed by atoms with Gasteiger partial charge < -0.3 is 9.64 Å². The predicted octanol–water partition coefficient (Wildman–Crippen LogP) is 3.93. The van der Waals surface area contributed by atoms with Crippen LogP contribution in [0.3, 0.4) is 0 Å². The average Bonchev–Trinajstić information content (AvgIpc) is 2.62. The van der Waals surface area contributed by atoms with Gasteiger partial charge in [-0.1, -0.05) is 46.3 Å². The van der Waals surface area contributed by atoms with Crippen molar-refractivity contribution < 1.29 is 9.53 Å². The second-order valence-corrected chi connectivity index (χ2v) is 7.78. The Morgan fingerprint density at radius 1 is 1.00 bits per heavy atom. The lowest BCUT2D eigenvalue weighted by molar-refractivity contribution is -0.135. The van der Waals surface area contributed by atoms with E-state index in [1.807, 2.05) is 29.2 Å².